The molecule has 3 heterocycles. The van der Waals surface area contributed by atoms with Gasteiger partial charge in [-0.1, -0.05) is 30.3 Å². The number of hydrogen-bond donors (Lipinski definition) is 3. The number of nitrogens with one attached hydrogen (secondary N) is 3. The molecular formula is C30H25N5O6. The Kier molecular flexibility index (Phi) is 6.54. The maximum atomic E-state index is 13.2. The number of benzene rings is 3. The molecule has 0 bridgehead atoms. The van der Waals surface area contributed by atoms with Crippen molar-refractivity contribution in [2.45, 2.75) is 31.8 Å². The molecule has 3 aliphatic heterocycles. The third-order valence-electron chi connectivity index (χ3n) is 7.46. The smallest absolute Gasteiger partial charge is 0.319 e. The van der Waals surface area contributed by atoms with Gasteiger partial charge >= 0.3 is 6.03 Å². The summed E-state index contributed by atoms with van der Waals surface area (Å²) in [5, 5.41) is 7.60. The number of nitrogens with zero attached hydrogens (tertiary/aromatic N) is 2. The Balaban J connectivity index is 1.09. The van der Waals surface area contributed by atoms with Gasteiger partial charge in [-0.05, 0) is 60.4 Å². The van der Waals surface area contributed by atoms with E-state index in [1.165, 1.54) is 12.1 Å². The normalized spacial score (nSPS) is 17.7. The summed E-state index contributed by atoms with van der Waals surface area (Å²) in [6.45, 7) is 0.651. The molecule has 7 amide bonds. The zero-order chi connectivity index (χ0) is 28.7. The highest BCUT2D eigenvalue weighted by molar-refractivity contribution is 6.23. The number of amides is 7. The molecule has 3 aliphatic rings. The lowest BCUT2D eigenvalue weighted by Crippen LogP contribution is -2.54. The van der Waals surface area contributed by atoms with Crippen molar-refractivity contribution < 1.29 is 28.8 Å². The van der Waals surface area contributed by atoms with Gasteiger partial charge in [-0.2, -0.15) is 0 Å². The number of imide groups is 2. The molecule has 41 heavy (non-hydrogen) atoms. The molecule has 1 fully saturated rings. The van der Waals surface area contributed by atoms with Crippen molar-refractivity contribution >= 4 is 46.9 Å². The van der Waals surface area contributed by atoms with Crippen molar-refractivity contribution in [1.82, 2.24) is 15.5 Å². The minimum absolute atomic E-state index is 0.0391. The SMILES string of the molecule is O=C1CCC(N2C(=O)c3ccc(CNC(=O)Nc4cccc(C(=O)N5CCc6ccccc65)c4)cc3C2=O)C(=O)N1. The molecule has 0 aromatic heterocycles. The second-order valence-corrected chi connectivity index (χ2v) is 10.1. The molecule has 0 spiro atoms. The Bertz CT molecular complexity index is 1650. The van der Waals surface area contributed by atoms with Crippen LogP contribution in [0.25, 0.3) is 0 Å². The molecule has 1 atom stereocenters. The number of carbonyl (C=O) groups is 6. The molecule has 1 unspecified atom stereocenters. The van der Waals surface area contributed by atoms with Crippen molar-refractivity contribution in [1.29, 1.82) is 0 Å². The number of carbonyl (C=O) groups excluding carboxylic acids is 6. The van der Waals surface area contributed by atoms with Crippen molar-refractivity contribution in [3.8, 4) is 0 Å². The number of anilines is 2. The molecule has 0 saturated carbocycles. The average molecular weight is 552 g/mol. The van der Waals surface area contributed by atoms with Gasteiger partial charge in [-0.3, -0.25) is 34.2 Å². The lowest BCUT2D eigenvalue weighted by atomic mass is 10.0. The number of piperidine rings is 1. The van der Waals surface area contributed by atoms with Gasteiger partial charge in [0.2, 0.25) is 11.8 Å². The lowest BCUT2D eigenvalue weighted by molar-refractivity contribution is -0.136. The fourth-order valence-electron chi connectivity index (χ4n) is 5.42. The maximum absolute atomic E-state index is 13.2. The quantitative estimate of drug-likeness (QED) is 0.416. The summed E-state index contributed by atoms with van der Waals surface area (Å²) in [5.74, 6) is -2.48. The molecule has 1 saturated heterocycles. The first-order valence-corrected chi connectivity index (χ1v) is 13.2. The first kappa shape index (κ1) is 25.9. The largest absolute Gasteiger partial charge is 0.334 e. The fourth-order valence-corrected chi connectivity index (χ4v) is 5.42. The van der Waals surface area contributed by atoms with Crippen LogP contribution in [0.4, 0.5) is 16.2 Å². The van der Waals surface area contributed by atoms with Crippen LogP contribution in [-0.2, 0) is 22.6 Å². The first-order valence-electron chi connectivity index (χ1n) is 13.2. The molecule has 6 rings (SSSR count). The van der Waals surface area contributed by atoms with E-state index < -0.39 is 35.7 Å². The van der Waals surface area contributed by atoms with Gasteiger partial charge in [0.05, 0.1) is 11.1 Å². The van der Waals surface area contributed by atoms with Crippen LogP contribution in [0.3, 0.4) is 0 Å². The molecule has 0 radical (unpaired) electrons. The summed E-state index contributed by atoms with van der Waals surface area (Å²) in [5.41, 5.74) is 3.77. The van der Waals surface area contributed by atoms with Crippen LogP contribution in [0, 0.1) is 0 Å². The number of hydrogen-bond acceptors (Lipinski definition) is 6. The standard InChI is InChI=1S/C30H25N5O6/c36-25-11-10-24(26(37)33-25)35-28(39)21-9-8-17(14-22(21)29(35)40)16-31-30(41)32-20-6-3-5-19(15-20)27(38)34-13-12-18-4-1-2-7-23(18)34/h1-9,14-15,24H,10-13,16H2,(H2,31,32,41)(H,33,36,37). The molecule has 3 aromatic rings. The molecular weight excluding hydrogens is 526 g/mol. The Morgan fingerprint density at radius 3 is 2.51 bits per heavy atom. The van der Waals surface area contributed by atoms with E-state index in [1.807, 2.05) is 24.3 Å². The second kappa shape index (κ2) is 10.3. The number of fused-ring (bicyclic) bond motifs is 2. The summed E-state index contributed by atoms with van der Waals surface area (Å²) in [6.07, 6.45) is 0.903. The third-order valence-corrected chi connectivity index (χ3v) is 7.46. The van der Waals surface area contributed by atoms with E-state index in [-0.39, 0.29) is 36.4 Å². The van der Waals surface area contributed by atoms with E-state index in [0.717, 1.165) is 22.6 Å². The number of para-hydroxylation sites is 1. The third kappa shape index (κ3) is 4.82. The van der Waals surface area contributed by atoms with E-state index in [1.54, 1.807) is 35.2 Å². The Labute approximate surface area is 234 Å². The number of urea groups is 1. The summed E-state index contributed by atoms with van der Waals surface area (Å²) in [6, 6.07) is 17.5. The van der Waals surface area contributed by atoms with Crippen LogP contribution in [0.5, 0.6) is 0 Å². The van der Waals surface area contributed by atoms with Gasteiger partial charge in [-0.15, -0.1) is 0 Å². The van der Waals surface area contributed by atoms with Gasteiger partial charge in [0.15, 0.2) is 0 Å². The predicted molar refractivity (Wildman–Crippen MR) is 147 cm³/mol. The minimum Gasteiger partial charge on any atom is -0.334 e. The highest BCUT2D eigenvalue weighted by Crippen LogP contribution is 2.30. The second-order valence-electron chi connectivity index (χ2n) is 10.1. The minimum atomic E-state index is -1.05. The van der Waals surface area contributed by atoms with E-state index in [4.69, 9.17) is 0 Å². The zero-order valence-corrected chi connectivity index (χ0v) is 21.8. The van der Waals surface area contributed by atoms with Crippen molar-refractivity contribution in [3.05, 3.63) is 94.5 Å². The Morgan fingerprint density at radius 1 is 0.878 bits per heavy atom. The number of rotatable bonds is 5. The monoisotopic (exact) mass is 551 g/mol. The predicted octanol–water partition coefficient (Wildman–Crippen LogP) is 2.61. The zero-order valence-electron chi connectivity index (χ0n) is 21.8. The van der Waals surface area contributed by atoms with Gasteiger partial charge in [0.1, 0.15) is 6.04 Å². The molecule has 206 valence electrons. The van der Waals surface area contributed by atoms with Crippen LogP contribution in [-0.4, -0.2) is 53.1 Å². The summed E-state index contributed by atoms with van der Waals surface area (Å²) in [7, 11) is 0. The summed E-state index contributed by atoms with van der Waals surface area (Å²) < 4.78 is 0. The topological polar surface area (TPSA) is 145 Å². The Hall–Kier alpha value is -5.32. The summed E-state index contributed by atoms with van der Waals surface area (Å²) >= 11 is 0. The molecule has 3 N–H and O–H groups in total. The van der Waals surface area contributed by atoms with E-state index in [9.17, 15) is 28.8 Å². The van der Waals surface area contributed by atoms with Crippen molar-refractivity contribution in [3.63, 3.8) is 0 Å². The molecule has 11 nitrogen and oxygen atoms in total. The van der Waals surface area contributed by atoms with Crippen LogP contribution < -0.4 is 20.9 Å². The average Bonchev–Trinajstić information content (AvgIpc) is 3.50. The van der Waals surface area contributed by atoms with Gasteiger partial charge in [0.25, 0.3) is 17.7 Å². The van der Waals surface area contributed by atoms with Gasteiger partial charge in [-0.25, -0.2) is 4.79 Å². The molecule has 3 aromatic carbocycles. The molecule has 11 heteroatoms. The van der Waals surface area contributed by atoms with Crippen LogP contribution >= 0.6 is 0 Å². The maximum Gasteiger partial charge on any atom is 0.319 e. The van der Waals surface area contributed by atoms with E-state index >= 15 is 0 Å². The van der Waals surface area contributed by atoms with E-state index in [2.05, 4.69) is 16.0 Å². The van der Waals surface area contributed by atoms with Crippen LogP contribution in [0.1, 0.15) is 55.0 Å². The highest BCUT2D eigenvalue weighted by atomic mass is 16.2. The van der Waals surface area contributed by atoms with Crippen LogP contribution in [0.2, 0.25) is 0 Å². The van der Waals surface area contributed by atoms with Crippen molar-refractivity contribution in [2.75, 3.05) is 16.8 Å². The Morgan fingerprint density at radius 2 is 1.68 bits per heavy atom. The molecule has 0 aliphatic carbocycles. The van der Waals surface area contributed by atoms with Gasteiger partial charge < -0.3 is 15.5 Å². The highest BCUT2D eigenvalue weighted by Gasteiger charge is 2.44. The van der Waals surface area contributed by atoms with Gasteiger partial charge in [0, 0.05) is 36.4 Å². The van der Waals surface area contributed by atoms with Crippen LogP contribution in [0.15, 0.2) is 66.7 Å². The van der Waals surface area contributed by atoms with Crippen molar-refractivity contribution in [2.24, 2.45) is 0 Å². The van der Waals surface area contributed by atoms with E-state index in [0.29, 0.717) is 23.4 Å². The fraction of sp³-hybridized carbons (Fsp3) is 0.200. The summed E-state index contributed by atoms with van der Waals surface area (Å²) in [4.78, 5) is 78.0. The first-order chi connectivity index (χ1) is 19.8. The lowest BCUT2D eigenvalue weighted by Gasteiger charge is -2.27.